The van der Waals surface area contributed by atoms with E-state index in [1.807, 2.05) is 20.9 Å². The normalized spacial score (nSPS) is 11.7. The third-order valence-corrected chi connectivity index (χ3v) is 3.41. The lowest BCUT2D eigenvalue weighted by Crippen LogP contribution is -2.10. The molecule has 21 heavy (non-hydrogen) atoms. The summed E-state index contributed by atoms with van der Waals surface area (Å²) in [5.74, 6) is 0. The maximum atomic E-state index is 12.6. The van der Waals surface area contributed by atoms with Crippen LogP contribution in [0.15, 0.2) is 18.3 Å². The number of nitrogens with zero attached hydrogens (tertiary/aromatic N) is 3. The average Bonchev–Trinajstić information content (AvgIpc) is 2.64. The van der Waals surface area contributed by atoms with Crippen LogP contribution in [0.25, 0.3) is 0 Å². The van der Waals surface area contributed by atoms with Gasteiger partial charge in [-0.3, -0.25) is 9.67 Å². The Balaban J connectivity index is 2.01. The number of aryl methyl sites for hydroxylation is 2. The molecule has 0 aliphatic rings. The first-order valence-corrected chi connectivity index (χ1v) is 6.55. The molecule has 0 atom stereocenters. The van der Waals surface area contributed by atoms with E-state index in [1.165, 1.54) is 6.07 Å². The van der Waals surface area contributed by atoms with Gasteiger partial charge < -0.3 is 5.32 Å². The Morgan fingerprint density at radius 3 is 2.57 bits per heavy atom. The van der Waals surface area contributed by atoms with Gasteiger partial charge in [0, 0.05) is 31.2 Å². The van der Waals surface area contributed by atoms with Crippen molar-refractivity contribution in [3.8, 4) is 0 Å². The Bertz CT molecular complexity index is 632. The summed E-state index contributed by atoms with van der Waals surface area (Å²) in [6, 6.07) is 2.54. The first-order valence-electron chi connectivity index (χ1n) is 6.55. The highest BCUT2D eigenvalue weighted by molar-refractivity contribution is 5.44. The molecule has 2 rings (SSSR count). The molecule has 0 bridgehead atoms. The van der Waals surface area contributed by atoms with Crippen LogP contribution in [0, 0.1) is 13.8 Å². The summed E-state index contributed by atoms with van der Waals surface area (Å²) < 4.78 is 39.5. The first kappa shape index (κ1) is 15.3. The van der Waals surface area contributed by atoms with Gasteiger partial charge in [0.15, 0.2) is 0 Å². The molecule has 4 nitrogen and oxygen atoms in total. The van der Waals surface area contributed by atoms with Gasteiger partial charge in [0.2, 0.25) is 0 Å². The lowest BCUT2D eigenvalue weighted by molar-refractivity contribution is -0.141. The molecular formula is C14H17F3N4. The molecule has 0 fully saturated rings. The largest absolute Gasteiger partial charge is 0.433 e. The van der Waals surface area contributed by atoms with E-state index in [9.17, 15) is 13.2 Å². The fraction of sp³-hybridized carbons (Fsp3) is 0.429. The summed E-state index contributed by atoms with van der Waals surface area (Å²) in [5, 5.41) is 7.31. The fourth-order valence-corrected chi connectivity index (χ4v) is 2.21. The van der Waals surface area contributed by atoms with Crippen molar-refractivity contribution in [2.45, 2.75) is 26.4 Å². The van der Waals surface area contributed by atoms with E-state index in [0.717, 1.165) is 29.2 Å². The van der Waals surface area contributed by atoms with Gasteiger partial charge in [0.1, 0.15) is 5.69 Å². The average molecular weight is 298 g/mol. The molecule has 1 N–H and O–H groups in total. The molecule has 0 aliphatic carbocycles. The van der Waals surface area contributed by atoms with Crippen molar-refractivity contribution in [3.05, 3.63) is 41.0 Å². The van der Waals surface area contributed by atoms with Crippen LogP contribution in [0.3, 0.4) is 0 Å². The Labute approximate surface area is 121 Å². The van der Waals surface area contributed by atoms with Crippen LogP contribution in [0.1, 0.15) is 22.6 Å². The predicted octanol–water partition coefficient (Wildman–Crippen LogP) is 3.11. The van der Waals surface area contributed by atoms with Crippen molar-refractivity contribution in [3.63, 3.8) is 0 Å². The van der Waals surface area contributed by atoms with Gasteiger partial charge in [-0.05, 0) is 38.0 Å². The van der Waals surface area contributed by atoms with E-state index >= 15 is 0 Å². The molecule has 0 saturated heterocycles. The van der Waals surface area contributed by atoms with E-state index < -0.39 is 11.9 Å². The summed E-state index contributed by atoms with van der Waals surface area (Å²) in [4.78, 5) is 3.33. The molecule has 0 radical (unpaired) electrons. The monoisotopic (exact) mass is 298 g/mol. The third-order valence-electron chi connectivity index (χ3n) is 3.41. The van der Waals surface area contributed by atoms with Crippen LogP contribution in [0.2, 0.25) is 0 Å². The van der Waals surface area contributed by atoms with Gasteiger partial charge in [-0.2, -0.15) is 18.3 Å². The molecule has 2 aromatic rings. The Kier molecular flexibility index (Phi) is 4.20. The summed E-state index contributed by atoms with van der Waals surface area (Å²) in [5.41, 5.74) is 2.66. The summed E-state index contributed by atoms with van der Waals surface area (Å²) in [7, 11) is 1.87. The number of anilines is 1. The zero-order chi connectivity index (χ0) is 15.6. The van der Waals surface area contributed by atoms with E-state index in [0.29, 0.717) is 18.7 Å². The lowest BCUT2D eigenvalue weighted by atomic mass is 10.1. The van der Waals surface area contributed by atoms with Gasteiger partial charge >= 0.3 is 6.18 Å². The highest BCUT2D eigenvalue weighted by atomic mass is 19.4. The van der Waals surface area contributed by atoms with Gasteiger partial charge in [0.05, 0.1) is 5.69 Å². The van der Waals surface area contributed by atoms with Crippen LogP contribution in [-0.4, -0.2) is 21.3 Å². The van der Waals surface area contributed by atoms with Crippen molar-refractivity contribution in [1.29, 1.82) is 0 Å². The van der Waals surface area contributed by atoms with Crippen molar-refractivity contribution in [1.82, 2.24) is 14.8 Å². The molecule has 0 spiro atoms. The quantitative estimate of drug-likeness (QED) is 0.943. The van der Waals surface area contributed by atoms with Gasteiger partial charge in [-0.1, -0.05) is 0 Å². The molecule has 0 unspecified atom stereocenters. The van der Waals surface area contributed by atoms with E-state index in [1.54, 1.807) is 4.68 Å². The second-order valence-corrected chi connectivity index (χ2v) is 4.88. The molecule has 0 saturated carbocycles. The number of hydrogen-bond donors (Lipinski definition) is 1. The zero-order valence-corrected chi connectivity index (χ0v) is 12.1. The summed E-state index contributed by atoms with van der Waals surface area (Å²) in [6.07, 6.45) is -2.56. The summed E-state index contributed by atoms with van der Waals surface area (Å²) >= 11 is 0. The number of nitrogens with one attached hydrogen (secondary N) is 1. The highest BCUT2D eigenvalue weighted by Crippen LogP contribution is 2.28. The SMILES string of the molecule is Cc1nn(C)c(C)c1CCNc1ccnc(C(F)(F)F)c1. The number of alkyl halides is 3. The minimum Gasteiger partial charge on any atom is -0.385 e. The van der Waals surface area contributed by atoms with Crippen LogP contribution in [-0.2, 0) is 19.6 Å². The standard InChI is InChI=1S/C14H17F3N4/c1-9-12(10(2)21(3)20-9)5-7-18-11-4-6-19-13(8-11)14(15,16)17/h4,6,8H,5,7H2,1-3H3,(H,18,19). The minimum atomic E-state index is -4.42. The lowest BCUT2D eigenvalue weighted by Gasteiger charge is -2.10. The molecule has 0 aliphatic heterocycles. The predicted molar refractivity (Wildman–Crippen MR) is 74.1 cm³/mol. The first-order chi connectivity index (χ1) is 9.79. The number of halogens is 3. The molecule has 2 aromatic heterocycles. The van der Waals surface area contributed by atoms with Crippen molar-refractivity contribution < 1.29 is 13.2 Å². The van der Waals surface area contributed by atoms with Crippen molar-refractivity contribution in [2.75, 3.05) is 11.9 Å². The Morgan fingerprint density at radius 2 is 2.00 bits per heavy atom. The molecule has 114 valence electrons. The maximum Gasteiger partial charge on any atom is 0.433 e. The third kappa shape index (κ3) is 3.53. The van der Waals surface area contributed by atoms with Gasteiger partial charge in [-0.15, -0.1) is 0 Å². The van der Waals surface area contributed by atoms with Crippen LogP contribution in [0.4, 0.5) is 18.9 Å². The second kappa shape index (κ2) is 5.75. The van der Waals surface area contributed by atoms with Gasteiger partial charge in [0.25, 0.3) is 0 Å². The van der Waals surface area contributed by atoms with Crippen LogP contribution in [0.5, 0.6) is 0 Å². The minimum absolute atomic E-state index is 0.413. The van der Waals surface area contributed by atoms with Crippen molar-refractivity contribution in [2.24, 2.45) is 7.05 Å². The number of hydrogen-bond acceptors (Lipinski definition) is 3. The number of rotatable bonds is 4. The van der Waals surface area contributed by atoms with Crippen molar-refractivity contribution >= 4 is 5.69 Å². The Morgan fingerprint density at radius 1 is 1.29 bits per heavy atom. The van der Waals surface area contributed by atoms with Gasteiger partial charge in [-0.25, -0.2) is 0 Å². The highest BCUT2D eigenvalue weighted by Gasteiger charge is 2.32. The van der Waals surface area contributed by atoms with E-state index in [4.69, 9.17) is 0 Å². The maximum absolute atomic E-state index is 12.6. The summed E-state index contributed by atoms with van der Waals surface area (Å²) in [6.45, 7) is 4.44. The van der Waals surface area contributed by atoms with Crippen LogP contribution >= 0.6 is 0 Å². The number of aromatic nitrogens is 3. The fourth-order valence-electron chi connectivity index (χ4n) is 2.21. The zero-order valence-electron chi connectivity index (χ0n) is 12.1. The Hall–Kier alpha value is -2.05. The van der Waals surface area contributed by atoms with E-state index in [-0.39, 0.29) is 0 Å². The topological polar surface area (TPSA) is 42.7 Å². The van der Waals surface area contributed by atoms with Crippen LogP contribution < -0.4 is 5.32 Å². The smallest absolute Gasteiger partial charge is 0.385 e. The number of pyridine rings is 1. The van der Waals surface area contributed by atoms with E-state index in [2.05, 4.69) is 15.4 Å². The molecule has 0 amide bonds. The molecule has 7 heteroatoms. The molecular weight excluding hydrogens is 281 g/mol. The molecule has 2 heterocycles. The molecule has 0 aromatic carbocycles. The second-order valence-electron chi connectivity index (χ2n) is 4.88.